The highest BCUT2D eigenvalue weighted by atomic mass is 16.3. The van der Waals surface area contributed by atoms with Gasteiger partial charge in [0.25, 0.3) is 0 Å². The van der Waals surface area contributed by atoms with E-state index in [1.165, 1.54) is 104 Å². The van der Waals surface area contributed by atoms with Crippen molar-refractivity contribution in [1.29, 1.82) is 0 Å². The minimum absolute atomic E-state index is 0.877. The summed E-state index contributed by atoms with van der Waals surface area (Å²) >= 11 is 0. The zero-order valence-electron chi connectivity index (χ0n) is 35.9. The standard InChI is InChI=1S/C64H39NO/c1-2-18-40(19-3-1)60-46-24-4-6-26-48(46)62(49-27-7-5-25-47(49)60)42-36-37-54-59(39-42)66-58-35-17-32-55(64(54)58)63-52-30-10-8-28-50(52)61(51-29-9-11-31-53(51)63)41-20-16-21-43(38-41)65-56-33-14-12-22-44(56)45-23-13-15-34-57(45)65/h1-39H. The van der Waals surface area contributed by atoms with E-state index in [0.717, 1.165) is 33.2 Å². The Morgan fingerprint density at radius 3 is 1.23 bits per heavy atom. The van der Waals surface area contributed by atoms with Gasteiger partial charge in [0.15, 0.2) is 0 Å². The number of rotatable bonds is 5. The number of hydrogen-bond acceptors (Lipinski definition) is 1. The van der Waals surface area contributed by atoms with Crippen LogP contribution in [0.5, 0.6) is 0 Å². The molecule has 0 aliphatic carbocycles. The predicted octanol–water partition coefficient (Wildman–Crippen LogP) is 18.0. The second-order valence-corrected chi connectivity index (χ2v) is 17.5. The fourth-order valence-electron chi connectivity index (χ4n) is 11.3. The quantitative estimate of drug-likeness (QED) is 0.158. The van der Waals surface area contributed by atoms with E-state index in [1.807, 2.05) is 0 Å². The Hall–Kier alpha value is -8.72. The largest absolute Gasteiger partial charge is 0.456 e. The molecular formula is C64H39NO. The summed E-state index contributed by atoms with van der Waals surface area (Å²) in [5.41, 5.74) is 15.0. The van der Waals surface area contributed by atoms with Gasteiger partial charge in [-0.15, -0.1) is 0 Å². The average molecular weight is 838 g/mol. The summed E-state index contributed by atoms with van der Waals surface area (Å²) in [7, 11) is 0. The first-order valence-electron chi connectivity index (χ1n) is 22.8. The van der Waals surface area contributed by atoms with Crippen molar-refractivity contribution in [3.8, 4) is 50.2 Å². The van der Waals surface area contributed by atoms with Gasteiger partial charge in [-0.1, -0.05) is 194 Å². The summed E-state index contributed by atoms with van der Waals surface area (Å²) in [6.07, 6.45) is 0. The maximum atomic E-state index is 6.92. The van der Waals surface area contributed by atoms with Crippen LogP contribution in [-0.4, -0.2) is 4.57 Å². The smallest absolute Gasteiger partial charge is 0.136 e. The third-order valence-electron chi connectivity index (χ3n) is 14.0. The van der Waals surface area contributed by atoms with Crippen molar-refractivity contribution in [2.24, 2.45) is 0 Å². The maximum Gasteiger partial charge on any atom is 0.136 e. The molecule has 66 heavy (non-hydrogen) atoms. The van der Waals surface area contributed by atoms with E-state index < -0.39 is 0 Å². The van der Waals surface area contributed by atoms with Crippen molar-refractivity contribution >= 4 is 86.8 Å². The minimum atomic E-state index is 0.877. The van der Waals surface area contributed by atoms with E-state index in [0.29, 0.717) is 0 Å². The molecule has 0 saturated heterocycles. The molecule has 0 bridgehead atoms. The number of fused-ring (bicyclic) bond motifs is 10. The predicted molar refractivity (Wildman–Crippen MR) is 280 cm³/mol. The molecule has 2 heterocycles. The lowest BCUT2D eigenvalue weighted by Crippen LogP contribution is -1.95. The van der Waals surface area contributed by atoms with Crippen LogP contribution in [0.25, 0.3) is 137 Å². The first-order valence-corrected chi connectivity index (χ1v) is 22.8. The summed E-state index contributed by atoms with van der Waals surface area (Å²) in [6.45, 7) is 0. The summed E-state index contributed by atoms with van der Waals surface area (Å²) in [4.78, 5) is 0. The van der Waals surface area contributed by atoms with Crippen molar-refractivity contribution in [2.45, 2.75) is 0 Å². The van der Waals surface area contributed by atoms with E-state index in [-0.39, 0.29) is 0 Å². The van der Waals surface area contributed by atoms with Crippen LogP contribution in [0.3, 0.4) is 0 Å². The Balaban J connectivity index is 0.978. The Morgan fingerprint density at radius 1 is 0.258 bits per heavy atom. The summed E-state index contributed by atoms with van der Waals surface area (Å²) in [5.74, 6) is 0. The molecule has 2 heteroatoms. The number of furan rings is 1. The lowest BCUT2D eigenvalue weighted by atomic mass is 9.84. The van der Waals surface area contributed by atoms with Crippen LogP contribution in [-0.2, 0) is 0 Å². The molecule has 2 nitrogen and oxygen atoms in total. The van der Waals surface area contributed by atoms with Crippen LogP contribution < -0.4 is 0 Å². The van der Waals surface area contributed by atoms with Crippen molar-refractivity contribution in [2.75, 3.05) is 0 Å². The van der Waals surface area contributed by atoms with Crippen molar-refractivity contribution < 1.29 is 4.42 Å². The van der Waals surface area contributed by atoms with Crippen LogP contribution in [0.1, 0.15) is 0 Å². The van der Waals surface area contributed by atoms with Gasteiger partial charge in [-0.3, -0.25) is 0 Å². The van der Waals surface area contributed by atoms with Crippen molar-refractivity contribution in [1.82, 2.24) is 4.57 Å². The summed E-state index contributed by atoms with van der Waals surface area (Å²) < 4.78 is 9.33. The Kier molecular flexibility index (Phi) is 8.02. The Labute approximate surface area is 380 Å². The number of benzene rings is 12. The van der Waals surface area contributed by atoms with Crippen LogP contribution in [0.15, 0.2) is 241 Å². The van der Waals surface area contributed by atoms with E-state index in [1.54, 1.807) is 0 Å². The van der Waals surface area contributed by atoms with Crippen LogP contribution in [0.4, 0.5) is 0 Å². The molecule has 14 rings (SSSR count). The highest BCUT2D eigenvalue weighted by molar-refractivity contribution is 6.27. The molecule has 14 aromatic rings. The van der Waals surface area contributed by atoms with Gasteiger partial charge in [-0.2, -0.15) is 0 Å². The maximum absolute atomic E-state index is 6.92. The molecule has 0 spiro atoms. The topological polar surface area (TPSA) is 18.1 Å². The zero-order valence-corrected chi connectivity index (χ0v) is 35.9. The molecule has 0 atom stereocenters. The third kappa shape index (κ3) is 5.36. The molecule has 0 radical (unpaired) electrons. The van der Waals surface area contributed by atoms with Crippen molar-refractivity contribution in [3.63, 3.8) is 0 Å². The van der Waals surface area contributed by atoms with Gasteiger partial charge < -0.3 is 8.98 Å². The van der Waals surface area contributed by atoms with Gasteiger partial charge in [0.1, 0.15) is 11.2 Å². The molecule has 0 unspecified atom stereocenters. The van der Waals surface area contributed by atoms with E-state index >= 15 is 0 Å². The SMILES string of the molecule is c1ccc(-c2c3ccccc3c(-c3ccc4c(c3)oc3cccc(-c5c6ccccc6c(-c6cccc(-n7c8ccccc8c8ccccc87)c6)c6ccccc56)c34)c3ccccc23)cc1. The van der Waals surface area contributed by atoms with Gasteiger partial charge in [0.2, 0.25) is 0 Å². The Morgan fingerprint density at radius 2 is 0.682 bits per heavy atom. The fourth-order valence-corrected chi connectivity index (χ4v) is 11.3. The Bertz CT molecular complexity index is 4120. The summed E-state index contributed by atoms with van der Waals surface area (Å²) in [5, 5.41) is 14.5. The molecule has 306 valence electrons. The molecular weight excluding hydrogens is 799 g/mol. The zero-order chi connectivity index (χ0) is 43.3. The van der Waals surface area contributed by atoms with Gasteiger partial charge >= 0.3 is 0 Å². The number of para-hydroxylation sites is 2. The van der Waals surface area contributed by atoms with Gasteiger partial charge in [-0.05, 0) is 130 Å². The minimum Gasteiger partial charge on any atom is -0.456 e. The van der Waals surface area contributed by atoms with Gasteiger partial charge in [-0.25, -0.2) is 0 Å². The normalized spacial score (nSPS) is 11.9. The third-order valence-corrected chi connectivity index (χ3v) is 14.0. The molecule has 0 N–H and O–H groups in total. The van der Waals surface area contributed by atoms with E-state index in [9.17, 15) is 0 Å². The second kappa shape index (κ2) is 14.4. The number of hydrogen-bond donors (Lipinski definition) is 0. The average Bonchev–Trinajstić information content (AvgIpc) is 3.93. The second-order valence-electron chi connectivity index (χ2n) is 17.5. The number of nitrogens with zero attached hydrogens (tertiary/aromatic N) is 1. The fraction of sp³-hybridized carbons (Fsp3) is 0. The molecule has 0 aliphatic rings. The molecule has 2 aromatic heterocycles. The van der Waals surface area contributed by atoms with Gasteiger partial charge in [0, 0.05) is 27.2 Å². The molecule has 12 aromatic carbocycles. The highest BCUT2D eigenvalue weighted by Gasteiger charge is 2.23. The lowest BCUT2D eigenvalue weighted by molar-refractivity contribution is 0.669. The van der Waals surface area contributed by atoms with Gasteiger partial charge in [0.05, 0.1) is 11.0 Å². The monoisotopic (exact) mass is 837 g/mol. The first-order chi connectivity index (χ1) is 32.8. The molecule has 0 amide bonds. The lowest BCUT2D eigenvalue weighted by Gasteiger charge is -2.19. The molecule has 0 aliphatic heterocycles. The van der Waals surface area contributed by atoms with E-state index in [2.05, 4.69) is 241 Å². The van der Waals surface area contributed by atoms with Crippen LogP contribution in [0, 0.1) is 0 Å². The number of aromatic nitrogens is 1. The first kappa shape index (κ1) is 36.7. The van der Waals surface area contributed by atoms with E-state index in [4.69, 9.17) is 4.42 Å². The van der Waals surface area contributed by atoms with Crippen LogP contribution in [0.2, 0.25) is 0 Å². The van der Waals surface area contributed by atoms with Crippen molar-refractivity contribution in [3.05, 3.63) is 237 Å². The molecule has 0 fully saturated rings. The molecule has 0 saturated carbocycles. The highest BCUT2D eigenvalue weighted by Crippen LogP contribution is 2.49. The summed E-state index contributed by atoms with van der Waals surface area (Å²) in [6, 6.07) is 86.3. The van der Waals surface area contributed by atoms with Crippen LogP contribution >= 0.6 is 0 Å².